The average Bonchev–Trinajstić information content (AvgIpc) is 2.86. The van der Waals surface area contributed by atoms with E-state index in [1.54, 1.807) is 0 Å². The summed E-state index contributed by atoms with van der Waals surface area (Å²) in [5.74, 6) is 2.03. The summed E-state index contributed by atoms with van der Waals surface area (Å²) in [6, 6.07) is 10.7. The molecule has 2 aliphatic rings. The van der Waals surface area contributed by atoms with Gasteiger partial charge in [-0.25, -0.2) is 6.57 Å². The van der Waals surface area contributed by atoms with Gasteiger partial charge in [-0.2, -0.15) is 0 Å². The summed E-state index contributed by atoms with van der Waals surface area (Å²) in [7, 11) is 0. The van der Waals surface area contributed by atoms with Crippen molar-refractivity contribution < 1.29 is 4.74 Å². The lowest BCUT2D eigenvalue weighted by Crippen LogP contribution is -2.13. The minimum atomic E-state index is 0.217. The van der Waals surface area contributed by atoms with Gasteiger partial charge in [0.25, 0.3) is 0 Å². The summed E-state index contributed by atoms with van der Waals surface area (Å²) >= 11 is 0. The first-order valence-electron chi connectivity index (χ1n) is 6.38. The van der Waals surface area contributed by atoms with E-state index in [0.717, 1.165) is 26.1 Å². The lowest BCUT2D eigenvalue weighted by Gasteiger charge is -2.08. The topological polar surface area (TPSA) is 13.6 Å². The van der Waals surface area contributed by atoms with Crippen LogP contribution in [0.3, 0.4) is 0 Å². The van der Waals surface area contributed by atoms with Crippen molar-refractivity contribution >= 4 is 0 Å². The van der Waals surface area contributed by atoms with Crippen molar-refractivity contribution in [3.8, 4) is 0 Å². The van der Waals surface area contributed by atoms with Gasteiger partial charge >= 0.3 is 0 Å². The van der Waals surface area contributed by atoms with Crippen LogP contribution in [0.25, 0.3) is 4.85 Å². The summed E-state index contributed by atoms with van der Waals surface area (Å²) < 4.78 is 5.39. The van der Waals surface area contributed by atoms with E-state index in [2.05, 4.69) is 29.1 Å². The van der Waals surface area contributed by atoms with Crippen LogP contribution in [0.1, 0.15) is 12.0 Å². The van der Waals surface area contributed by atoms with Gasteiger partial charge in [-0.15, -0.1) is 0 Å². The Kier molecular flexibility index (Phi) is 2.86. The Morgan fingerprint density at radius 1 is 1.24 bits per heavy atom. The summed E-state index contributed by atoms with van der Waals surface area (Å²) in [6.45, 7) is 9.15. The molecule has 0 spiro atoms. The second-order valence-electron chi connectivity index (χ2n) is 5.16. The highest BCUT2D eigenvalue weighted by atomic mass is 16.5. The van der Waals surface area contributed by atoms with Crippen LogP contribution in [-0.4, -0.2) is 19.3 Å². The number of benzene rings is 1. The van der Waals surface area contributed by atoms with Crippen LogP contribution < -0.4 is 0 Å². The SMILES string of the molecule is [C-]#[N+]C(CCc1ccccc1)C1C2COCC21. The lowest BCUT2D eigenvalue weighted by atomic mass is 10.0. The molecule has 0 aromatic heterocycles. The van der Waals surface area contributed by atoms with Crippen molar-refractivity contribution in [2.75, 3.05) is 13.2 Å². The summed E-state index contributed by atoms with van der Waals surface area (Å²) in [5, 5.41) is 0. The van der Waals surface area contributed by atoms with Crippen LogP contribution in [0, 0.1) is 24.3 Å². The van der Waals surface area contributed by atoms with E-state index in [-0.39, 0.29) is 6.04 Å². The van der Waals surface area contributed by atoms with Gasteiger partial charge in [0, 0.05) is 12.3 Å². The second-order valence-corrected chi connectivity index (χ2v) is 5.16. The highest BCUT2D eigenvalue weighted by molar-refractivity contribution is 5.16. The highest BCUT2D eigenvalue weighted by Gasteiger charge is 2.60. The first kappa shape index (κ1) is 10.8. The zero-order valence-electron chi connectivity index (χ0n) is 9.88. The van der Waals surface area contributed by atoms with Gasteiger partial charge in [0.2, 0.25) is 6.04 Å². The number of aryl methyl sites for hydroxylation is 1. The number of rotatable bonds is 4. The normalized spacial score (nSPS) is 31.6. The van der Waals surface area contributed by atoms with Gasteiger partial charge in [-0.3, -0.25) is 0 Å². The Bertz CT molecular complexity index is 412. The Morgan fingerprint density at radius 3 is 2.59 bits per heavy atom. The molecule has 1 heterocycles. The fraction of sp³-hybridized carbons (Fsp3) is 0.533. The molecule has 0 bridgehead atoms. The van der Waals surface area contributed by atoms with E-state index in [4.69, 9.17) is 11.3 Å². The quantitative estimate of drug-likeness (QED) is 0.721. The van der Waals surface area contributed by atoms with Crippen LogP contribution >= 0.6 is 0 Å². The number of ether oxygens (including phenoxy) is 1. The molecule has 2 fully saturated rings. The number of fused-ring (bicyclic) bond motifs is 1. The molecule has 1 saturated heterocycles. The maximum Gasteiger partial charge on any atom is 0.227 e. The standard InChI is InChI=1S/C15H17NO/c1-16-14(15-12-9-17-10-13(12)15)8-7-11-5-3-2-4-6-11/h2-6,12-15H,7-10H2. The minimum absolute atomic E-state index is 0.217. The fourth-order valence-electron chi connectivity index (χ4n) is 3.16. The molecule has 3 unspecified atom stereocenters. The zero-order chi connectivity index (χ0) is 11.7. The van der Waals surface area contributed by atoms with E-state index < -0.39 is 0 Å². The van der Waals surface area contributed by atoms with Crippen LogP contribution in [0.15, 0.2) is 30.3 Å². The molecular weight excluding hydrogens is 210 g/mol. The molecule has 1 aromatic rings. The Hall–Kier alpha value is -1.33. The molecule has 1 aromatic carbocycles. The highest BCUT2D eigenvalue weighted by Crippen LogP contribution is 2.54. The van der Waals surface area contributed by atoms with Crippen molar-refractivity contribution in [2.24, 2.45) is 17.8 Å². The molecule has 0 radical (unpaired) electrons. The van der Waals surface area contributed by atoms with E-state index in [1.807, 2.05) is 6.07 Å². The molecule has 17 heavy (non-hydrogen) atoms. The van der Waals surface area contributed by atoms with Gasteiger partial charge in [-0.1, -0.05) is 30.3 Å². The van der Waals surface area contributed by atoms with Crippen molar-refractivity contribution in [1.82, 2.24) is 0 Å². The molecule has 0 amide bonds. The molecule has 0 N–H and O–H groups in total. The average molecular weight is 227 g/mol. The molecule has 2 heteroatoms. The number of hydrogen-bond acceptors (Lipinski definition) is 1. The third-order valence-corrected chi connectivity index (χ3v) is 4.20. The third kappa shape index (κ3) is 2.08. The zero-order valence-corrected chi connectivity index (χ0v) is 9.88. The molecular formula is C15H17NO. The minimum Gasteiger partial charge on any atom is -0.381 e. The van der Waals surface area contributed by atoms with Crippen molar-refractivity contribution in [2.45, 2.75) is 18.9 Å². The predicted octanol–water partition coefficient (Wildman–Crippen LogP) is 2.80. The van der Waals surface area contributed by atoms with E-state index >= 15 is 0 Å². The molecule has 1 aliphatic carbocycles. The van der Waals surface area contributed by atoms with E-state index in [9.17, 15) is 0 Å². The second kappa shape index (κ2) is 4.50. The molecule has 1 saturated carbocycles. The van der Waals surface area contributed by atoms with Gasteiger partial charge < -0.3 is 9.58 Å². The third-order valence-electron chi connectivity index (χ3n) is 4.20. The van der Waals surface area contributed by atoms with Gasteiger partial charge in [-0.05, 0) is 23.8 Å². The van der Waals surface area contributed by atoms with Crippen LogP contribution in [0.2, 0.25) is 0 Å². The lowest BCUT2D eigenvalue weighted by molar-refractivity contribution is 0.148. The van der Waals surface area contributed by atoms with Crippen molar-refractivity contribution in [3.05, 3.63) is 47.3 Å². The van der Waals surface area contributed by atoms with E-state index in [0.29, 0.717) is 17.8 Å². The van der Waals surface area contributed by atoms with Crippen LogP contribution in [-0.2, 0) is 11.2 Å². The maximum atomic E-state index is 7.36. The predicted molar refractivity (Wildman–Crippen MR) is 66.4 cm³/mol. The summed E-state index contributed by atoms with van der Waals surface area (Å²) in [4.78, 5) is 3.84. The fourth-order valence-corrected chi connectivity index (χ4v) is 3.16. The van der Waals surface area contributed by atoms with E-state index in [1.165, 1.54) is 5.56 Å². The molecule has 88 valence electrons. The largest absolute Gasteiger partial charge is 0.381 e. The Morgan fingerprint density at radius 2 is 1.94 bits per heavy atom. The van der Waals surface area contributed by atoms with Gasteiger partial charge in [0.05, 0.1) is 13.2 Å². The smallest absolute Gasteiger partial charge is 0.227 e. The first-order valence-corrected chi connectivity index (χ1v) is 6.38. The molecule has 3 atom stereocenters. The first-order chi connectivity index (χ1) is 8.40. The van der Waals surface area contributed by atoms with Gasteiger partial charge in [0.15, 0.2) is 0 Å². The van der Waals surface area contributed by atoms with Gasteiger partial charge in [0.1, 0.15) is 0 Å². The van der Waals surface area contributed by atoms with Crippen LogP contribution in [0.5, 0.6) is 0 Å². The van der Waals surface area contributed by atoms with Crippen molar-refractivity contribution in [3.63, 3.8) is 0 Å². The molecule has 3 rings (SSSR count). The number of hydrogen-bond donors (Lipinski definition) is 0. The monoisotopic (exact) mass is 227 g/mol. The van der Waals surface area contributed by atoms with Crippen molar-refractivity contribution in [1.29, 1.82) is 0 Å². The number of nitrogens with zero attached hydrogens (tertiary/aromatic N) is 1. The molecule has 1 aliphatic heterocycles. The Balaban J connectivity index is 1.56. The summed E-state index contributed by atoms with van der Waals surface area (Å²) in [5.41, 5.74) is 1.35. The maximum absolute atomic E-state index is 7.36. The summed E-state index contributed by atoms with van der Waals surface area (Å²) in [6.07, 6.45) is 2.04. The Labute approximate surface area is 102 Å². The van der Waals surface area contributed by atoms with Crippen LogP contribution in [0.4, 0.5) is 0 Å². The molecule has 2 nitrogen and oxygen atoms in total.